The zero-order chi connectivity index (χ0) is 25.1. The summed E-state index contributed by atoms with van der Waals surface area (Å²) in [5, 5.41) is 2.78. The largest absolute Gasteiger partial charge is 0.495 e. The molecule has 34 heavy (non-hydrogen) atoms. The van der Waals surface area contributed by atoms with Crippen LogP contribution in [0.15, 0.2) is 70.0 Å². The van der Waals surface area contributed by atoms with Gasteiger partial charge in [0.2, 0.25) is 0 Å². The number of amides is 1. The molecular formula is C26H36FN3O3S. The molecule has 6 nitrogen and oxygen atoms in total. The molecule has 0 radical (unpaired) electrons. The molecule has 1 aromatic rings. The van der Waals surface area contributed by atoms with E-state index >= 15 is 0 Å². The van der Waals surface area contributed by atoms with Crippen LogP contribution in [0, 0.1) is 5.82 Å². The number of benzene rings is 1. The molecule has 186 valence electrons. The molecule has 1 aliphatic rings. The molecule has 0 spiro atoms. The average Bonchev–Trinajstić information content (AvgIpc) is 2.83. The molecule has 8 heteroatoms. The van der Waals surface area contributed by atoms with E-state index in [0.29, 0.717) is 24.5 Å². The fraction of sp³-hybridized carbons (Fsp3) is 0.423. The molecule has 1 unspecified atom stereocenters. The lowest BCUT2D eigenvalue weighted by molar-refractivity contribution is -0.117. The van der Waals surface area contributed by atoms with E-state index in [9.17, 15) is 9.18 Å². The Labute approximate surface area is 207 Å². The highest BCUT2D eigenvalue weighted by atomic mass is 32.1. The number of nitrogens with one attached hydrogen (secondary N) is 1. The van der Waals surface area contributed by atoms with Crippen LogP contribution in [0.5, 0.6) is 0 Å². The number of nitrogens with zero attached hydrogens (tertiary/aromatic N) is 1. The summed E-state index contributed by atoms with van der Waals surface area (Å²) in [6.45, 7) is 9.01. The average molecular weight is 490 g/mol. The van der Waals surface area contributed by atoms with Crippen LogP contribution in [0.4, 0.5) is 4.39 Å². The maximum absolute atomic E-state index is 13.7. The lowest BCUT2D eigenvalue weighted by atomic mass is 10.0. The summed E-state index contributed by atoms with van der Waals surface area (Å²) in [5.74, 6) is -0.110. The first-order valence-electron chi connectivity index (χ1n) is 11.4. The number of methoxy groups -OCH3 is 1. The van der Waals surface area contributed by atoms with Crippen LogP contribution in [-0.2, 0) is 20.8 Å². The van der Waals surface area contributed by atoms with Crippen molar-refractivity contribution in [1.29, 1.82) is 0 Å². The second kappa shape index (κ2) is 14.0. The highest BCUT2D eigenvalue weighted by Gasteiger charge is 2.26. The Balaban J connectivity index is 2.12. The van der Waals surface area contributed by atoms with Crippen molar-refractivity contribution in [3.63, 3.8) is 0 Å². The molecule has 1 aromatic carbocycles. The first-order valence-corrected chi connectivity index (χ1v) is 11.9. The third-order valence-electron chi connectivity index (χ3n) is 5.75. The first-order chi connectivity index (χ1) is 16.3. The predicted molar refractivity (Wildman–Crippen MR) is 137 cm³/mol. The summed E-state index contributed by atoms with van der Waals surface area (Å²) >= 11 is 4.02. The van der Waals surface area contributed by atoms with E-state index in [-0.39, 0.29) is 29.0 Å². The standard InChI is InChI=1S/C26H36FN3O3S/c1-5-7-21(17-32-4)20(6-2)16-30-10-11-33-24(18(30)3)13-22(14-28)26(31)29-15-19-8-9-25(34)23(27)12-19/h5,7-9,12-14,18,34H,6,10-11,15-17,28H2,1-4H3,(H,29,31)/b7-5-,21-20-,22-14+,24-13+. The summed E-state index contributed by atoms with van der Waals surface area (Å²) < 4.78 is 25.0. The van der Waals surface area contributed by atoms with E-state index in [4.69, 9.17) is 15.2 Å². The van der Waals surface area contributed by atoms with Gasteiger partial charge in [-0.3, -0.25) is 9.69 Å². The summed E-state index contributed by atoms with van der Waals surface area (Å²) in [6, 6.07) is 4.58. The van der Waals surface area contributed by atoms with Gasteiger partial charge in [-0.1, -0.05) is 30.7 Å². The van der Waals surface area contributed by atoms with Gasteiger partial charge in [0.15, 0.2) is 0 Å². The van der Waals surface area contributed by atoms with Crippen LogP contribution in [0.3, 0.4) is 0 Å². The highest BCUT2D eigenvalue weighted by Crippen LogP contribution is 2.23. The van der Waals surface area contributed by atoms with Gasteiger partial charge in [-0.2, -0.15) is 0 Å². The summed E-state index contributed by atoms with van der Waals surface area (Å²) in [7, 11) is 1.70. The maximum atomic E-state index is 13.7. The monoisotopic (exact) mass is 489 g/mol. The Hall–Kier alpha value is -2.55. The minimum Gasteiger partial charge on any atom is -0.495 e. The van der Waals surface area contributed by atoms with Crippen molar-refractivity contribution in [3.05, 3.63) is 76.5 Å². The molecule has 3 N–H and O–H groups in total. The fourth-order valence-corrected chi connectivity index (χ4v) is 3.89. The lowest BCUT2D eigenvalue weighted by Gasteiger charge is -2.36. The number of carbonyl (C=O) groups excluding carboxylic acids is 1. The van der Waals surface area contributed by atoms with Crippen molar-refractivity contribution >= 4 is 18.5 Å². The number of carbonyl (C=O) groups is 1. The molecule has 1 saturated heterocycles. The molecule has 1 amide bonds. The van der Waals surface area contributed by atoms with Gasteiger partial charge in [0.1, 0.15) is 18.2 Å². The van der Waals surface area contributed by atoms with E-state index in [2.05, 4.69) is 42.8 Å². The van der Waals surface area contributed by atoms with E-state index in [1.54, 1.807) is 25.3 Å². The van der Waals surface area contributed by atoms with Crippen molar-refractivity contribution in [1.82, 2.24) is 10.2 Å². The van der Waals surface area contributed by atoms with Gasteiger partial charge in [0.25, 0.3) is 5.91 Å². The second-order valence-corrected chi connectivity index (χ2v) is 8.53. The molecular weight excluding hydrogens is 453 g/mol. The van der Waals surface area contributed by atoms with Crippen LogP contribution in [0.1, 0.15) is 32.8 Å². The topological polar surface area (TPSA) is 76.8 Å². The predicted octanol–water partition coefficient (Wildman–Crippen LogP) is 4.11. The number of hydrogen-bond donors (Lipinski definition) is 3. The molecule has 0 aliphatic carbocycles. The minimum atomic E-state index is -0.431. The van der Waals surface area contributed by atoms with Crippen molar-refractivity contribution in [2.45, 2.75) is 44.7 Å². The van der Waals surface area contributed by atoms with Gasteiger partial charge in [-0.25, -0.2) is 4.39 Å². The number of rotatable bonds is 10. The highest BCUT2D eigenvalue weighted by molar-refractivity contribution is 7.80. The van der Waals surface area contributed by atoms with Gasteiger partial charge in [0, 0.05) is 37.8 Å². The number of ether oxygens (including phenoxy) is 2. The van der Waals surface area contributed by atoms with Crippen molar-refractivity contribution in [2.24, 2.45) is 5.73 Å². The Morgan fingerprint density at radius 1 is 1.44 bits per heavy atom. The SMILES string of the molecule is C/C=C\C(COC)=C(/CC)CN1CCO/C(=C/C(=C\N)C(=O)NCc2ccc(S)c(F)c2)C1C. The van der Waals surface area contributed by atoms with E-state index in [0.717, 1.165) is 19.5 Å². The zero-order valence-electron chi connectivity index (χ0n) is 20.4. The maximum Gasteiger partial charge on any atom is 0.253 e. The quantitative estimate of drug-likeness (QED) is 0.262. The van der Waals surface area contributed by atoms with Gasteiger partial charge in [-0.15, -0.1) is 12.6 Å². The van der Waals surface area contributed by atoms with Crippen molar-refractivity contribution < 1.29 is 18.7 Å². The molecule has 1 atom stereocenters. The number of nitrogens with two attached hydrogens (primary N) is 1. The smallest absolute Gasteiger partial charge is 0.253 e. The Morgan fingerprint density at radius 2 is 2.21 bits per heavy atom. The summed E-state index contributed by atoms with van der Waals surface area (Å²) in [4.78, 5) is 15.3. The van der Waals surface area contributed by atoms with Crippen LogP contribution in [0.2, 0.25) is 0 Å². The van der Waals surface area contributed by atoms with Gasteiger partial charge in [-0.05, 0) is 49.6 Å². The second-order valence-electron chi connectivity index (χ2n) is 8.05. The van der Waals surface area contributed by atoms with Crippen LogP contribution in [0.25, 0.3) is 0 Å². The fourth-order valence-electron chi connectivity index (χ4n) is 3.75. The minimum absolute atomic E-state index is 0.0375. The lowest BCUT2D eigenvalue weighted by Crippen LogP contribution is -2.43. The van der Waals surface area contributed by atoms with Gasteiger partial charge in [0.05, 0.1) is 18.2 Å². The van der Waals surface area contributed by atoms with Crippen molar-refractivity contribution in [2.75, 3.05) is 33.4 Å². The van der Waals surface area contributed by atoms with Crippen molar-refractivity contribution in [3.8, 4) is 0 Å². The van der Waals surface area contributed by atoms with Gasteiger partial charge < -0.3 is 20.5 Å². The van der Waals surface area contributed by atoms with E-state index < -0.39 is 5.82 Å². The van der Waals surface area contributed by atoms with Crippen LogP contribution in [-0.4, -0.2) is 50.3 Å². The number of hydrogen-bond acceptors (Lipinski definition) is 6. The Morgan fingerprint density at radius 3 is 2.82 bits per heavy atom. The van der Waals surface area contributed by atoms with Gasteiger partial charge >= 0.3 is 0 Å². The van der Waals surface area contributed by atoms with E-state index in [1.807, 2.05) is 13.0 Å². The Bertz CT molecular complexity index is 972. The van der Waals surface area contributed by atoms with Crippen LogP contribution >= 0.6 is 12.6 Å². The number of morpholine rings is 1. The Kier molecular flexibility index (Phi) is 11.4. The third kappa shape index (κ3) is 7.75. The van der Waals surface area contributed by atoms with E-state index in [1.165, 1.54) is 23.4 Å². The molecule has 1 heterocycles. The number of thiol groups is 1. The third-order valence-corrected chi connectivity index (χ3v) is 6.12. The number of halogens is 1. The molecule has 0 bridgehead atoms. The molecule has 2 rings (SSSR count). The summed E-state index contributed by atoms with van der Waals surface area (Å²) in [6.07, 6.45) is 7.97. The molecule has 1 fully saturated rings. The van der Waals surface area contributed by atoms with Crippen LogP contribution < -0.4 is 11.1 Å². The molecule has 0 saturated carbocycles. The zero-order valence-corrected chi connectivity index (χ0v) is 21.3. The first kappa shape index (κ1) is 27.7. The molecule has 1 aliphatic heterocycles. The normalized spacial score (nSPS) is 19.3. The number of allylic oxidation sites excluding steroid dienone is 1. The summed E-state index contributed by atoms with van der Waals surface area (Å²) in [5.41, 5.74) is 9.16. The molecule has 0 aromatic heterocycles.